The van der Waals surface area contributed by atoms with Gasteiger partial charge in [0.2, 0.25) is 0 Å². The van der Waals surface area contributed by atoms with Gasteiger partial charge in [0.1, 0.15) is 6.61 Å². The number of hydrogen-bond donors (Lipinski definition) is 1. The summed E-state index contributed by atoms with van der Waals surface area (Å²) in [7, 11) is 1.62. The van der Waals surface area contributed by atoms with Crippen LogP contribution in [0.2, 0.25) is 0 Å². The average Bonchev–Trinajstić information content (AvgIpc) is 2.98. The van der Waals surface area contributed by atoms with Crippen LogP contribution in [0.3, 0.4) is 0 Å². The van der Waals surface area contributed by atoms with E-state index >= 15 is 0 Å². The van der Waals surface area contributed by atoms with Crippen LogP contribution in [0.15, 0.2) is 10.6 Å². The van der Waals surface area contributed by atoms with Crippen LogP contribution in [-0.4, -0.2) is 41.3 Å². The van der Waals surface area contributed by atoms with E-state index in [0.717, 1.165) is 43.9 Å². The van der Waals surface area contributed by atoms with Gasteiger partial charge < -0.3 is 14.4 Å². The number of carboxylic acids is 1. The molecule has 0 spiro atoms. The third-order valence-corrected chi connectivity index (χ3v) is 3.42. The molecule has 0 radical (unpaired) electrons. The van der Waals surface area contributed by atoms with E-state index < -0.39 is 5.97 Å². The molecule has 1 aliphatic heterocycles. The summed E-state index contributed by atoms with van der Waals surface area (Å²) in [6.07, 6.45) is 2.09. The zero-order chi connectivity index (χ0) is 13.7. The maximum absolute atomic E-state index is 10.5. The van der Waals surface area contributed by atoms with Crippen LogP contribution < -0.4 is 0 Å². The van der Waals surface area contributed by atoms with Gasteiger partial charge in [-0.2, -0.15) is 0 Å². The molecule has 0 aromatic carbocycles. The van der Waals surface area contributed by atoms with E-state index in [4.69, 9.17) is 14.4 Å². The summed E-state index contributed by atoms with van der Waals surface area (Å²) >= 11 is 0. The normalized spacial score (nSPS) is 19.9. The van der Waals surface area contributed by atoms with Gasteiger partial charge in [0, 0.05) is 32.7 Å². The van der Waals surface area contributed by atoms with Crippen molar-refractivity contribution in [2.45, 2.75) is 32.4 Å². The van der Waals surface area contributed by atoms with Crippen molar-refractivity contribution in [1.29, 1.82) is 0 Å². The fourth-order valence-corrected chi connectivity index (χ4v) is 2.49. The number of aromatic nitrogens is 1. The highest BCUT2D eigenvalue weighted by Gasteiger charge is 2.23. The number of rotatable bonds is 7. The summed E-state index contributed by atoms with van der Waals surface area (Å²) in [6, 6.07) is 1.91. The van der Waals surface area contributed by atoms with E-state index in [1.165, 1.54) is 0 Å². The number of ether oxygens (including phenoxy) is 1. The van der Waals surface area contributed by atoms with Crippen molar-refractivity contribution in [1.82, 2.24) is 10.1 Å². The van der Waals surface area contributed by atoms with Crippen LogP contribution in [0, 0.1) is 5.92 Å². The molecule has 1 aliphatic rings. The van der Waals surface area contributed by atoms with Crippen LogP contribution in [0.25, 0.3) is 0 Å². The molecule has 0 saturated carbocycles. The smallest absolute Gasteiger partial charge is 0.303 e. The molecule has 1 aromatic heterocycles. The van der Waals surface area contributed by atoms with Crippen molar-refractivity contribution >= 4 is 5.97 Å². The second kappa shape index (κ2) is 6.68. The molecule has 19 heavy (non-hydrogen) atoms. The Morgan fingerprint density at radius 2 is 2.53 bits per heavy atom. The lowest BCUT2D eigenvalue weighted by atomic mass is 10.0. The van der Waals surface area contributed by atoms with Crippen molar-refractivity contribution in [3.05, 3.63) is 17.5 Å². The molecule has 1 saturated heterocycles. The predicted octanol–water partition coefficient (Wildman–Crippen LogP) is 1.51. The largest absolute Gasteiger partial charge is 0.481 e. The maximum Gasteiger partial charge on any atom is 0.303 e. The molecule has 1 N–H and O–H groups in total. The van der Waals surface area contributed by atoms with Crippen molar-refractivity contribution in [3.8, 4) is 0 Å². The summed E-state index contributed by atoms with van der Waals surface area (Å²) in [4.78, 5) is 12.8. The molecule has 0 bridgehead atoms. The minimum absolute atomic E-state index is 0.264. The highest BCUT2D eigenvalue weighted by atomic mass is 16.5. The van der Waals surface area contributed by atoms with Crippen LogP contribution in [0.4, 0.5) is 0 Å². The summed E-state index contributed by atoms with van der Waals surface area (Å²) in [6.45, 7) is 3.14. The van der Waals surface area contributed by atoms with Crippen molar-refractivity contribution in [2.24, 2.45) is 5.92 Å². The second-order valence-corrected chi connectivity index (χ2v) is 5.04. The van der Waals surface area contributed by atoms with E-state index in [-0.39, 0.29) is 6.42 Å². The molecule has 6 nitrogen and oxygen atoms in total. The SMILES string of the molecule is COCc1cc(CN2CCC(CCC(=O)O)C2)no1. The topological polar surface area (TPSA) is 75.8 Å². The first kappa shape index (κ1) is 14.0. The molecule has 1 aromatic rings. The fraction of sp³-hybridized carbons (Fsp3) is 0.692. The number of methoxy groups -OCH3 is 1. The van der Waals surface area contributed by atoms with Gasteiger partial charge in [0.25, 0.3) is 0 Å². The van der Waals surface area contributed by atoms with E-state index in [9.17, 15) is 4.79 Å². The third kappa shape index (κ3) is 4.33. The predicted molar refractivity (Wildman–Crippen MR) is 67.5 cm³/mol. The number of carboxylic acid groups (broad SMARTS) is 1. The van der Waals surface area contributed by atoms with E-state index in [1.54, 1.807) is 7.11 Å². The summed E-state index contributed by atoms with van der Waals surface area (Å²) in [5.74, 6) is 0.514. The van der Waals surface area contributed by atoms with Crippen LogP contribution in [-0.2, 0) is 22.7 Å². The first-order valence-electron chi connectivity index (χ1n) is 6.55. The van der Waals surface area contributed by atoms with Gasteiger partial charge in [0.05, 0.1) is 5.69 Å². The lowest BCUT2D eigenvalue weighted by Crippen LogP contribution is -2.20. The Balaban J connectivity index is 1.76. The molecule has 2 heterocycles. The minimum atomic E-state index is -0.709. The standard InChI is InChI=1S/C13H20N2O4/c1-18-9-12-6-11(14-19-12)8-15-5-4-10(7-15)2-3-13(16)17/h6,10H,2-5,7-9H2,1H3,(H,16,17). The first-order valence-corrected chi connectivity index (χ1v) is 6.55. The number of hydrogen-bond acceptors (Lipinski definition) is 5. The average molecular weight is 268 g/mol. The quantitative estimate of drug-likeness (QED) is 0.807. The lowest BCUT2D eigenvalue weighted by Gasteiger charge is -2.13. The van der Waals surface area contributed by atoms with Gasteiger partial charge in [-0.3, -0.25) is 9.69 Å². The minimum Gasteiger partial charge on any atom is -0.481 e. The van der Waals surface area contributed by atoms with E-state index in [1.807, 2.05) is 6.07 Å². The molecule has 0 aliphatic carbocycles. The molecule has 106 valence electrons. The van der Waals surface area contributed by atoms with Gasteiger partial charge in [-0.25, -0.2) is 0 Å². The molecular formula is C13H20N2O4. The van der Waals surface area contributed by atoms with E-state index in [0.29, 0.717) is 12.5 Å². The number of likely N-dealkylation sites (tertiary alicyclic amines) is 1. The zero-order valence-corrected chi connectivity index (χ0v) is 11.2. The summed E-state index contributed by atoms with van der Waals surface area (Å²) in [5, 5.41) is 12.7. The van der Waals surface area contributed by atoms with Gasteiger partial charge in [-0.1, -0.05) is 5.16 Å². The highest BCUT2D eigenvalue weighted by molar-refractivity contribution is 5.66. The maximum atomic E-state index is 10.5. The lowest BCUT2D eigenvalue weighted by molar-refractivity contribution is -0.137. The van der Waals surface area contributed by atoms with E-state index in [2.05, 4.69) is 10.1 Å². The molecule has 2 rings (SSSR count). The van der Waals surface area contributed by atoms with Crippen molar-refractivity contribution in [2.75, 3.05) is 20.2 Å². The van der Waals surface area contributed by atoms with Gasteiger partial charge in [-0.15, -0.1) is 0 Å². The molecule has 1 atom stereocenters. The van der Waals surface area contributed by atoms with Gasteiger partial charge in [0.15, 0.2) is 5.76 Å². The molecule has 0 amide bonds. The van der Waals surface area contributed by atoms with Crippen molar-refractivity contribution < 1.29 is 19.2 Å². The van der Waals surface area contributed by atoms with Gasteiger partial charge in [-0.05, 0) is 25.3 Å². The third-order valence-electron chi connectivity index (χ3n) is 3.42. The first-order chi connectivity index (χ1) is 9.17. The monoisotopic (exact) mass is 268 g/mol. The second-order valence-electron chi connectivity index (χ2n) is 5.04. The summed E-state index contributed by atoms with van der Waals surface area (Å²) < 4.78 is 10.1. The van der Waals surface area contributed by atoms with Crippen LogP contribution in [0.1, 0.15) is 30.7 Å². The number of aliphatic carboxylic acids is 1. The Labute approximate surface area is 112 Å². The van der Waals surface area contributed by atoms with Crippen molar-refractivity contribution in [3.63, 3.8) is 0 Å². The Hall–Kier alpha value is -1.40. The zero-order valence-electron chi connectivity index (χ0n) is 11.2. The molecule has 1 unspecified atom stereocenters. The number of carbonyl (C=O) groups is 1. The van der Waals surface area contributed by atoms with Gasteiger partial charge >= 0.3 is 5.97 Å². The molecular weight excluding hydrogens is 248 g/mol. The summed E-state index contributed by atoms with van der Waals surface area (Å²) in [5.41, 5.74) is 0.908. The molecule has 6 heteroatoms. The molecule has 1 fully saturated rings. The fourth-order valence-electron chi connectivity index (χ4n) is 2.49. The number of nitrogens with zero attached hydrogens (tertiary/aromatic N) is 2. The Morgan fingerprint density at radius 3 is 3.26 bits per heavy atom. The highest BCUT2D eigenvalue weighted by Crippen LogP contribution is 2.22. The Kier molecular flexibility index (Phi) is 4.93. The van der Waals surface area contributed by atoms with Crippen LogP contribution >= 0.6 is 0 Å². The van der Waals surface area contributed by atoms with Crippen LogP contribution in [0.5, 0.6) is 0 Å². The Bertz CT molecular complexity index is 419. The Morgan fingerprint density at radius 1 is 1.68 bits per heavy atom.